The number of nitrogens with zero attached hydrogens (tertiary/aromatic N) is 2. The van der Waals surface area contributed by atoms with E-state index in [1.54, 1.807) is 6.20 Å². The molecule has 16 heavy (non-hydrogen) atoms. The molecule has 0 unspecified atom stereocenters. The van der Waals surface area contributed by atoms with Crippen LogP contribution in [0.1, 0.15) is 13.3 Å². The van der Waals surface area contributed by atoms with Crippen LogP contribution in [0, 0.1) is 0 Å². The summed E-state index contributed by atoms with van der Waals surface area (Å²) in [5, 5.41) is 3.95. The number of amides is 1. The molecule has 0 fully saturated rings. The van der Waals surface area contributed by atoms with Crippen molar-refractivity contribution in [2.75, 3.05) is 6.54 Å². The Hall–Kier alpha value is -1.84. The lowest BCUT2D eigenvalue weighted by molar-refractivity contribution is -0.121. The van der Waals surface area contributed by atoms with Crippen molar-refractivity contribution in [3.63, 3.8) is 0 Å². The number of fused-ring (bicyclic) bond motifs is 1. The van der Waals surface area contributed by atoms with E-state index in [-0.39, 0.29) is 5.91 Å². The minimum absolute atomic E-state index is 0.0910. The molecule has 0 aliphatic rings. The van der Waals surface area contributed by atoms with E-state index in [4.69, 9.17) is 0 Å². The van der Waals surface area contributed by atoms with Crippen LogP contribution in [0.5, 0.6) is 0 Å². The van der Waals surface area contributed by atoms with Gasteiger partial charge >= 0.3 is 0 Å². The Morgan fingerprint density at radius 1 is 1.50 bits per heavy atom. The standard InChI is InChI=1S/C12H15N3O/c1-2-14-12(16)5-8-15-7-4-10-3-6-13-9-11(10)15/h3-4,6-7,9H,2,5,8H2,1H3,(H,14,16). The van der Waals surface area contributed by atoms with Crippen molar-refractivity contribution in [3.05, 3.63) is 30.7 Å². The summed E-state index contributed by atoms with van der Waals surface area (Å²) in [6, 6.07) is 4.01. The first-order chi connectivity index (χ1) is 7.81. The summed E-state index contributed by atoms with van der Waals surface area (Å²) in [4.78, 5) is 15.4. The number of carbonyl (C=O) groups is 1. The third-order valence-electron chi connectivity index (χ3n) is 2.53. The van der Waals surface area contributed by atoms with Gasteiger partial charge in [0, 0.05) is 37.3 Å². The molecule has 2 aromatic heterocycles. The fraction of sp³-hybridized carbons (Fsp3) is 0.333. The second-order valence-electron chi connectivity index (χ2n) is 3.65. The fourth-order valence-corrected chi connectivity index (χ4v) is 1.73. The lowest BCUT2D eigenvalue weighted by Gasteiger charge is -2.05. The highest BCUT2D eigenvalue weighted by molar-refractivity contribution is 5.79. The number of aromatic nitrogens is 2. The van der Waals surface area contributed by atoms with E-state index in [9.17, 15) is 4.79 Å². The van der Waals surface area contributed by atoms with Crippen molar-refractivity contribution in [2.24, 2.45) is 0 Å². The number of aryl methyl sites for hydroxylation is 1. The van der Waals surface area contributed by atoms with Crippen LogP contribution in [0.2, 0.25) is 0 Å². The average Bonchev–Trinajstić information content (AvgIpc) is 2.70. The highest BCUT2D eigenvalue weighted by Gasteiger charge is 2.03. The van der Waals surface area contributed by atoms with Gasteiger partial charge in [-0.3, -0.25) is 9.78 Å². The van der Waals surface area contributed by atoms with Gasteiger partial charge in [0.25, 0.3) is 0 Å². The molecule has 1 N–H and O–H groups in total. The Morgan fingerprint density at radius 2 is 2.38 bits per heavy atom. The van der Waals surface area contributed by atoms with Gasteiger partial charge in [0.1, 0.15) is 0 Å². The molecule has 0 saturated heterocycles. The van der Waals surface area contributed by atoms with Crippen molar-refractivity contribution in [2.45, 2.75) is 19.9 Å². The smallest absolute Gasteiger partial charge is 0.221 e. The van der Waals surface area contributed by atoms with Crippen molar-refractivity contribution < 1.29 is 4.79 Å². The van der Waals surface area contributed by atoms with Crippen LogP contribution in [0.3, 0.4) is 0 Å². The van der Waals surface area contributed by atoms with Gasteiger partial charge in [0.2, 0.25) is 5.91 Å². The maximum atomic E-state index is 11.3. The van der Waals surface area contributed by atoms with Crippen molar-refractivity contribution in [1.29, 1.82) is 0 Å². The molecule has 0 saturated carbocycles. The molecule has 1 amide bonds. The number of rotatable bonds is 4. The zero-order chi connectivity index (χ0) is 11.4. The zero-order valence-electron chi connectivity index (χ0n) is 9.31. The van der Waals surface area contributed by atoms with Gasteiger partial charge in [-0.1, -0.05) is 0 Å². The Morgan fingerprint density at radius 3 is 3.19 bits per heavy atom. The number of carbonyl (C=O) groups excluding carboxylic acids is 1. The molecule has 84 valence electrons. The fourth-order valence-electron chi connectivity index (χ4n) is 1.73. The summed E-state index contributed by atoms with van der Waals surface area (Å²) in [6.45, 7) is 3.31. The maximum Gasteiger partial charge on any atom is 0.221 e. The van der Waals surface area contributed by atoms with Crippen LogP contribution in [-0.2, 0) is 11.3 Å². The Balaban J connectivity index is 2.07. The molecule has 0 spiro atoms. The molecule has 2 heterocycles. The van der Waals surface area contributed by atoms with Gasteiger partial charge in [0.15, 0.2) is 0 Å². The number of hydrogen-bond acceptors (Lipinski definition) is 2. The second kappa shape index (κ2) is 4.79. The number of nitrogens with one attached hydrogen (secondary N) is 1. The molecule has 0 bridgehead atoms. The summed E-state index contributed by atoms with van der Waals surface area (Å²) >= 11 is 0. The van der Waals surface area contributed by atoms with Crippen LogP contribution >= 0.6 is 0 Å². The first-order valence-electron chi connectivity index (χ1n) is 5.47. The number of hydrogen-bond donors (Lipinski definition) is 1. The quantitative estimate of drug-likeness (QED) is 0.844. The van der Waals surface area contributed by atoms with Gasteiger partial charge in [-0.05, 0) is 19.1 Å². The highest BCUT2D eigenvalue weighted by Crippen LogP contribution is 2.13. The molecule has 2 rings (SSSR count). The monoisotopic (exact) mass is 217 g/mol. The van der Waals surface area contributed by atoms with Gasteiger partial charge < -0.3 is 9.88 Å². The van der Waals surface area contributed by atoms with Crippen molar-refractivity contribution in [1.82, 2.24) is 14.9 Å². The molecule has 0 aliphatic carbocycles. The van der Waals surface area contributed by atoms with E-state index < -0.39 is 0 Å². The predicted octanol–water partition coefficient (Wildman–Crippen LogP) is 1.56. The van der Waals surface area contributed by atoms with Gasteiger partial charge in [0.05, 0.1) is 11.7 Å². The Labute approximate surface area is 94.3 Å². The predicted molar refractivity (Wildman–Crippen MR) is 63.0 cm³/mol. The average molecular weight is 217 g/mol. The summed E-state index contributed by atoms with van der Waals surface area (Å²) in [5.41, 5.74) is 1.08. The molecule has 0 aliphatic heterocycles. The second-order valence-corrected chi connectivity index (χ2v) is 3.65. The third kappa shape index (κ3) is 2.21. The van der Waals surface area contributed by atoms with E-state index in [1.165, 1.54) is 0 Å². The minimum Gasteiger partial charge on any atom is -0.356 e. The van der Waals surface area contributed by atoms with Crippen molar-refractivity contribution >= 4 is 16.8 Å². The van der Waals surface area contributed by atoms with Crippen LogP contribution in [0.4, 0.5) is 0 Å². The van der Waals surface area contributed by atoms with Crippen LogP contribution < -0.4 is 5.32 Å². The van der Waals surface area contributed by atoms with Crippen molar-refractivity contribution in [3.8, 4) is 0 Å². The molecular formula is C12H15N3O. The topological polar surface area (TPSA) is 46.9 Å². The normalized spacial score (nSPS) is 10.6. The third-order valence-corrected chi connectivity index (χ3v) is 2.53. The van der Waals surface area contributed by atoms with Gasteiger partial charge in [-0.15, -0.1) is 0 Å². The molecule has 0 atom stereocenters. The zero-order valence-corrected chi connectivity index (χ0v) is 9.31. The summed E-state index contributed by atoms with van der Waals surface area (Å²) in [7, 11) is 0. The van der Waals surface area contributed by atoms with Crippen LogP contribution in [-0.4, -0.2) is 22.0 Å². The van der Waals surface area contributed by atoms with E-state index in [0.717, 1.165) is 10.9 Å². The molecule has 2 aromatic rings. The van der Waals surface area contributed by atoms with Gasteiger partial charge in [-0.25, -0.2) is 0 Å². The Bertz CT molecular complexity index is 490. The summed E-state index contributed by atoms with van der Waals surface area (Å²) in [6.07, 6.45) is 6.10. The lowest BCUT2D eigenvalue weighted by atomic mass is 10.3. The van der Waals surface area contributed by atoms with E-state index in [2.05, 4.69) is 14.9 Å². The molecule has 0 radical (unpaired) electrons. The lowest BCUT2D eigenvalue weighted by Crippen LogP contribution is -2.23. The molecule has 0 aromatic carbocycles. The van der Waals surface area contributed by atoms with Crippen LogP contribution in [0.15, 0.2) is 30.7 Å². The van der Waals surface area contributed by atoms with Crippen LogP contribution in [0.25, 0.3) is 10.9 Å². The van der Waals surface area contributed by atoms with E-state index in [1.807, 2.05) is 31.5 Å². The number of pyridine rings is 1. The Kier molecular flexibility index (Phi) is 3.19. The first-order valence-corrected chi connectivity index (χ1v) is 5.47. The molecule has 4 heteroatoms. The first kappa shape index (κ1) is 10.7. The molecule has 4 nitrogen and oxygen atoms in total. The summed E-state index contributed by atoms with van der Waals surface area (Å²) in [5.74, 6) is 0.0910. The largest absolute Gasteiger partial charge is 0.356 e. The van der Waals surface area contributed by atoms with Gasteiger partial charge in [-0.2, -0.15) is 0 Å². The highest BCUT2D eigenvalue weighted by atomic mass is 16.1. The SMILES string of the molecule is CCNC(=O)CCn1ccc2ccncc21. The summed E-state index contributed by atoms with van der Waals surface area (Å²) < 4.78 is 2.05. The minimum atomic E-state index is 0.0910. The van der Waals surface area contributed by atoms with E-state index in [0.29, 0.717) is 19.5 Å². The van der Waals surface area contributed by atoms with E-state index >= 15 is 0 Å². The molecular weight excluding hydrogens is 202 g/mol. The maximum absolute atomic E-state index is 11.3.